The maximum Gasteiger partial charge on any atom is 0.276 e. The van der Waals surface area contributed by atoms with Crippen LogP contribution < -0.4 is 5.32 Å². The van der Waals surface area contributed by atoms with Gasteiger partial charge in [-0.2, -0.15) is 5.10 Å². The van der Waals surface area contributed by atoms with E-state index in [1.165, 1.54) is 16.5 Å². The Balaban J connectivity index is 1.72. The number of hydrogen-bond donors (Lipinski definition) is 1. The van der Waals surface area contributed by atoms with Crippen LogP contribution in [0.3, 0.4) is 0 Å². The van der Waals surface area contributed by atoms with Gasteiger partial charge in [0.05, 0.1) is 0 Å². The fourth-order valence-electron chi connectivity index (χ4n) is 3.20. The van der Waals surface area contributed by atoms with Crippen LogP contribution in [0.15, 0.2) is 42.6 Å². The van der Waals surface area contributed by atoms with Crippen molar-refractivity contribution in [1.29, 1.82) is 0 Å². The van der Waals surface area contributed by atoms with Crippen LogP contribution in [0, 0.1) is 0 Å². The van der Waals surface area contributed by atoms with Crippen LogP contribution in [-0.4, -0.2) is 15.7 Å². The number of carbonyl (C=O) groups excluding carboxylic acids is 1. The molecule has 0 aliphatic heterocycles. The molecular weight excluding hydrogens is 274 g/mol. The van der Waals surface area contributed by atoms with Crippen molar-refractivity contribution in [2.75, 3.05) is 5.32 Å². The van der Waals surface area contributed by atoms with Crippen molar-refractivity contribution in [1.82, 2.24) is 9.78 Å². The van der Waals surface area contributed by atoms with Gasteiger partial charge in [0.2, 0.25) is 0 Å². The SMILES string of the molecule is CCn1ccc(C(=O)Nc2ccc3c4c(cccc24)CC3)n1. The second-order valence-electron chi connectivity index (χ2n) is 5.62. The van der Waals surface area contributed by atoms with Crippen LogP contribution in [0.25, 0.3) is 10.8 Å². The highest BCUT2D eigenvalue weighted by molar-refractivity contribution is 6.09. The van der Waals surface area contributed by atoms with E-state index in [2.05, 4.69) is 34.7 Å². The zero-order chi connectivity index (χ0) is 15.1. The first-order valence-electron chi connectivity index (χ1n) is 7.64. The first-order chi connectivity index (χ1) is 10.8. The largest absolute Gasteiger partial charge is 0.320 e. The molecule has 0 saturated heterocycles. The number of nitrogens with one attached hydrogen (secondary N) is 1. The van der Waals surface area contributed by atoms with E-state index in [1.807, 2.05) is 19.2 Å². The molecule has 1 aromatic heterocycles. The van der Waals surface area contributed by atoms with Gasteiger partial charge in [-0.25, -0.2) is 0 Å². The molecule has 1 amide bonds. The molecule has 3 aromatic rings. The molecule has 1 heterocycles. The summed E-state index contributed by atoms with van der Waals surface area (Å²) in [5.41, 5.74) is 4.06. The van der Waals surface area contributed by atoms with E-state index in [1.54, 1.807) is 10.7 Å². The molecular formula is C18H17N3O. The second-order valence-corrected chi connectivity index (χ2v) is 5.62. The molecule has 1 aliphatic rings. The van der Waals surface area contributed by atoms with Crippen molar-refractivity contribution < 1.29 is 4.79 Å². The lowest BCUT2D eigenvalue weighted by Crippen LogP contribution is -2.13. The molecule has 1 aliphatic carbocycles. The third-order valence-electron chi connectivity index (χ3n) is 4.32. The highest BCUT2D eigenvalue weighted by Crippen LogP contribution is 2.35. The van der Waals surface area contributed by atoms with Gasteiger partial charge < -0.3 is 5.32 Å². The molecule has 0 radical (unpaired) electrons. The fraction of sp³-hybridized carbons (Fsp3) is 0.222. The maximum absolute atomic E-state index is 12.4. The Labute approximate surface area is 128 Å². The van der Waals surface area contributed by atoms with Crippen molar-refractivity contribution in [2.45, 2.75) is 26.3 Å². The van der Waals surface area contributed by atoms with E-state index >= 15 is 0 Å². The van der Waals surface area contributed by atoms with Gasteiger partial charge in [-0.05, 0) is 48.4 Å². The summed E-state index contributed by atoms with van der Waals surface area (Å²) in [5.74, 6) is -0.161. The molecule has 2 aromatic carbocycles. The lowest BCUT2D eigenvalue weighted by atomic mass is 10.0. The van der Waals surface area contributed by atoms with Crippen LogP contribution in [0.4, 0.5) is 5.69 Å². The standard InChI is InChI=1S/C18H17N3O/c1-2-21-11-10-16(20-21)18(22)19-15-9-8-13-7-6-12-4-3-5-14(15)17(12)13/h3-5,8-11H,2,6-7H2,1H3,(H,19,22). The number of amides is 1. The molecule has 1 N–H and O–H groups in total. The maximum atomic E-state index is 12.4. The van der Waals surface area contributed by atoms with E-state index in [9.17, 15) is 4.79 Å². The van der Waals surface area contributed by atoms with Gasteiger partial charge in [0, 0.05) is 23.8 Å². The van der Waals surface area contributed by atoms with E-state index in [-0.39, 0.29) is 5.91 Å². The van der Waals surface area contributed by atoms with Gasteiger partial charge in [0.1, 0.15) is 0 Å². The number of rotatable bonds is 3. The molecule has 22 heavy (non-hydrogen) atoms. The fourth-order valence-corrected chi connectivity index (χ4v) is 3.20. The minimum Gasteiger partial charge on any atom is -0.320 e. The predicted molar refractivity (Wildman–Crippen MR) is 87.2 cm³/mol. The average Bonchev–Trinajstić information content (AvgIpc) is 3.18. The van der Waals surface area contributed by atoms with Crippen LogP contribution in [0.1, 0.15) is 28.5 Å². The smallest absolute Gasteiger partial charge is 0.276 e. The molecule has 0 spiro atoms. The Kier molecular flexibility index (Phi) is 2.96. The van der Waals surface area contributed by atoms with Gasteiger partial charge in [-0.3, -0.25) is 9.48 Å². The summed E-state index contributed by atoms with van der Waals surface area (Å²) in [5, 5.41) is 9.69. The van der Waals surface area contributed by atoms with Crippen molar-refractivity contribution in [2.24, 2.45) is 0 Å². The zero-order valence-electron chi connectivity index (χ0n) is 12.5. The lowest BCUT2D eigenvalue weighted by Gasteiger charge is -2.09. The number of nitrogens with zero attached hydrogens (tertiary/aromatic N) is 2. The highest BCUT2D eigenvalue weighted by Gasteiger charge is 2.17. The normalized spacial score (nSPS) is 12.8. The summed E-state index contributed by atoms with van der Waals surface area (Å²) >= 11 is 0. The van der Waals surface area contributed by atoms with Crippen molar-refractivity contribution in [3.63, 3.8) is 0 Å². The third kappa shape index (κ3) is 1.99. The summed E-state index contributed by atoms with van der Waals surface area (Å²) < 4.78 is 1.75. The summed E-state index contributed by atoms with van der Waals surface area (Å²) in [7, 11) is 0. The Morgan fingerprint density at radius 3 is 2.77 bits per heavy atom. The molecule has 0 saturated carbocycles. The summed E-state index contributed by atoms with van der Waals surface area (Å²) in [6.45, 7) is 2.76. The quantitative estimate of drug-likeness (QED) is 0.804. The number of benzene rings is 2. The number of aromatic nitrogens is 2. The summed E-state index contributed by atoms with van der Waals surface area (Å²) in [6, 6.07) is 12.2. The van der Waals surface area contributed by atoms with Gasteiger partial charge >= 0.3 is 0 Å². The number of aryl methyl sites for hydroxylation is 3. The van der Waals surface area contributed by atoms with Crippen LogP contribution in [-0.2, 0) is 19.4 Å². The molecule has 4 nitrogen and oxygen atoms in total. The van der Waals surface area contributed by atoms with Crippen LogP contribution >= 0.6 is 0 Å². The Morgan fingerprint density at radius 1 is 1.18 bits per heavy atom. The summed E-state index contributed by atoms with van der Waals surface area (Å²) in [6.07, 6.45) is 4.00. The number of anilines is 1. The van der Waals surface area contributed by atoms with E-state index in [0.717, 1.165) is 30.5 Å². The third-order valence-corrected chi connectivity index (χ3v) is 4.32. The molecule has 4 rings (SSSR count). The molecule has 0 atom stereocenters. The minimum absolute atomic E-state index is 0.161. The average molecular weight is 291 g/mol. The van der Waals surface area contributed by atoms with Crippen molar-refractivity contribution >= 4 is 22.4 Å². The lowest BCUT2D eigenvalue weighted by molar-refractivity contribution is 0.102. The Hall–Kier alpha value is -2.62. The molecule has 0 unspecified atom stereocenters. The summed E-state index contributed by atoms with van der Waals surface area (Å²) in [4.78, 5) is 12.4. The van der Waals surface area contributed by atoms with Gasteiger partial charge in [-0.15, -0.1) is 0 Å². The Bertz CT molecular complexity index is 869. The van der Waals surface area contributed by atoms with Gasteiger partial charge in [0.15, 0.2) is 5.69 Å². The molecule has 4 heteroatoms. The molecule has 0 fully saturated rings. The van der Waals surface area contributed by atoms with Crippen molar-refractivity contribution in [3.05, 3.63) is 59.4 Å². The highest BCUT2D eigenvalue weighted by atomic mass is 16.1. The van der Waals surface area contributed by atoms with E-state index < -0.39 is 0 Å². The second kappa shape index (κ2) is 4.98. The number of hydrogen-bond acceptors (Lipinski definition) is 2. The monoisotopic (exact) mass is 291 g/mol. The first-order valence-corrected chi connectivity index (χ1v) is 7.64. The Morgan fingerprint density at radius 2 is 2.00 bits per heavy atom. The van der Waals surface area contributed by atoms with Crippen LogP contribution in [0.5, 0.6) is 0 Å². The van der Waals surface area contributed by atoms with Crippen LogP contribution in [0.2, 0.25) is 0 Å². The van der Waals surface area contributed by atoms with Crippen molar-refractivity contribution in [3.8, 4) is 0 Å². The first kappa shape index (κ1) is 13.1. The zero-order valence-corrected chi connectivity index (χ0v) is 12.5. The van der Waals surface area contributed by atoms with E-state index in [4.69, 9.17) is 0 Å². The van der Waals surface area contributed by atoms with E-state index in [0.29, 0.717) is 5.69 Å². The minimum atomic E-state index is -0.161. The van der Waals surface area contributed by atoms with Gasteiger partial charge in [-0.1, -0.05) is 24.3 Å². The molecule has 0 bridgehead atoms. The molecule has 110 valence electrons. The number of carbonyl (C=O) groups is 1. The van der Waals surface area contributed by atoms with Gasteiger partial charge in [0.25, 0.3) is 5.91 Å². The predicted octanol–water partition coefficient (Wildman–Crippen LogP) is 3.41. The topological polar surface area (TPSA) is 46.9 Å².